The van der Waals surface area contributed by atoms with Crippen molar-refractivity contribution < 1.29 is 14.3 Å². The monoisotopic (exact) mass is 319 g/mol. The first kappa shape index (κ1) is 17.6. The molecule has 0 aliphatic heterocycles. The molecule has 1 amide bonds. The van der Waals surface area contributed by atoms with E-state index in [0.717, 1.165) is 38.0 Å². The Morgan fingerprint density at radius 1 is 1.35 bits per heavy atom. The Bertz CT molecular complexity index is 534. The minimum Gasteiger partial charge on any atom is -0.493 e. The van der Waals surface area contributed by atoms with Gasteiger partial charge >= 0.3 is 6.09 Å². The highest BCUT2D eigenvalue weighted by atomic mass is 16.6. The molecule has 128 valence electrons. The van der Waals surface area contributed by atoms with Crippen LogP contribution < -0.4 is 10.1 Å². The molecule has 1 N–H and O–H groups in total. The van der Waals surface area contributed by atoms with Gasteiger partial charge in [0, 0.05) is 12.1 Å². The largest absolute Gasteiger partial charge is 0.493 e. The first-order valence-electron chi connectivity index (χ1n) is 8.62. The van der Waals surface area contributed by atoms with Gasteiger partial charge in [-0.2, -0.15) is 0 Å². The molecular formula is C19H29NO3. The lowest BCUT2D eigenvalue weighted by atomic mass is 9.97. The van der Waals surface area contributed by atoms with Gasteiger partial charge in [-0.1, -0.05) is 19.1 Å². The van der Waals surface area contributed by atoms with Crippen LogP contribution in [0.4, 0.5) is 4.79 Å². The third-order valence-corrected chi connectivity index (χ3v) is 3.95. The van der Waals surface area contributed by atoms with Crippen LogP contribution in [-0.4, -0.2) is 24.8 Å². The van der Waals surface area contributed by atoms with Crippen LogP contribution in [0.2, 0.25) is 0 Å². The highest BCUT2D eigenvalue weighted by Gasteiger charge is 2.26. The highest BCUT2D eigenvalue weighted by molar-refractivity contribution is 5.67. The minimum absolute atomic E-state index is 0.341. The summed E-state index contributed by atoms with van der Waals surface area (Å²) >= 11 is 0. The number of hydrogen-bond acceptors (Lipinski definition) is 3. The molecule has 0 saturated heterocycles. The fraction of sp³-hybridized carbons (Fsp3) is 0.632. The lowest BCUT2D eigenvalue weighted by molar-refractivity contribution is 0.0526. The van der Waals surface area contributed by atoms with Gasteiger partial charge in [-0.05, 0) is 64.0 Å². The summed E-state index contributed by atoms with van der Waals surface area (Å²) in [5.41, 5.74) is 2.28. The summed E-state index contributed by atoms with van der Waals surface area (Å²) in [6.07, 6.45) is 3.80. The molecular weight excluding hydrogens is 290 g/mol. The Morgan fingerprint density at radius 2 is 2.13 bits per heavy atom. The predicted molar refractivity (Wildman–Crippen MR) is 92.1 cm³/mol. The molecule has 0 spiro atoms. The van der Waals surface area contributed by atoms with E-state index < -0.39 is 5.60 Å². The summed E-state index contributed by atoms with van der Waals surface area (Å²) in [7, 11) is 0. The molecule has 4 heteroatoms. The van der Waals surface area contributed by atoms with E-state index in [4.69, 9.17) is 9.47 Å². The lowest BCUT2D eigenvalue weighted by Gasteiger charge is -2.20. The SMILES string of the molecule is CCCOc1cccc2c1C(CCNC(=O)OC(C)(C)C)CC2. The van der Waals surface area contributed by atoms with Crippen molar-refractivity contribution in [1.82, 2.24) is 5.32 Å². The number of alkyl carbamates (subject to hydrolysis) is 1. The Hall–Kier alpha value is -1.71. The zero-order valence-corrected chi connectivity index (χ0v) is 14.8. The zero-order valence-electron chi connectivity index (χ0n) is 14.8. The van der Waals surface area contributed by atoms with Crippen LogP contribution >= 0.6 is 0 Å². The molecule has 1 aliphatic carbocycles. The van der Waals surface area contributed by atoms with Gasteiger partial charge in [0.1, 0.15) is 11.4 Å². The van der Waals surface area contributed by atoms with E-state index in [2.05, 4.69) is 30.4 Å². The van der Waals surface area contributed by atoms with Gasteiger partial charge in [0.05, 0.1) is 6.61 Å². The van der Waals surface area contributed by atoms with E-state index in [9.17, 15) is 4.79 Å². The van der Waals surface area contributed by atoms with Crippen molar-refractivity contribution in [2.45, 2.75) is 64.9 Å². The standard InChI is InChI=1S/C19H29NO3/c1-5-13-22-16-8-6-7-14-9-10-15(17(14)16)11-12-20-18(21)23-19(2,3)4/h6-8,15H,5,9-13H2,1-4H3,(H,20,21). The van der Waals surface area contributed by atoms with Gasteiger partial charge in [-0.25, -0.2) is 4.79 Å². The molecule has 0 bridgehead atoms. The molecule has 0 radical (unpaired) electrons. The van der Waals surface area contributed by atoms with E-state index in [1.54, 1.807) is 0 Å². The molecule has 4 nitrogen and oxygen atoms in total. The topological polar surface area (TPSA) is 47.6 Å². The Morgan fingerprint density at radius 3 is 2.83 bits per heavy atom. The third kappa shape index (κ3) is 5.15. The molecule has 23 heavy (non-hydrogen) atoms. The molecule has 0 heterocycles. The van der Waals surface area contributed by atoms with Crippen LogP contribution in [-0.2, 0) is 11.2 Å². The van der Waals surface area contributed by atoms with Crippen molar-refractivity contribution in [3.63, 3.8) is 0 Å². The molecule has 0 fully saturated rings. The van der Waals surface area contributed by atoms with Crippen LogP contribution in [0.25, 0.3) is 0 Å². The smallest absolute Gasteiger partial charge is 0.407 e. The fourth-order valence-corrected chi connectivity index (χ4v) is 3.03. The van der Waals surface area contributed by atoms with Crippen LogP contribution in [0.15, 0.2) is 18.2 Å². The number of fused-ring (bicyclic) bond motifs is 1. The molecule has 1 aromatic carbocycles. The second-order valence-corrected chi connectivity index (χ2v) is 7.13. The summed E-state index contributed by atoms with van der Waals surface area (Å²) in [5.74, 6) is 1.47. The van der Waals surface area contributed by atoms with E-state index in [-0.39, 0.29) is 6.09 Å². The summed E-state index contributed by atoms with van der Waals surface area (Å²) in [6.45, 7) is 9.11. The number of rotatable bonds is 6. The maximum absolute atomic E-state index is 11.7. The van der Waals surface area contributed by atoms with Gasteiger partial charge in [0.25, 0.3) is 0 Å². The number of hydrogen-bond donors (Lipinski definition) is 1. The van der Waals surface area contributed by atoms with Crippen molar-refractivity contribution in [2.75, 3.05) is 13.2 Å². The van der Waals surface area contributed by atoms with E-state index >= 15 is 0 Å². The second kappa shape index (κ2) is 7.71. The van der Waals surface area contributed by atoms with Crippen molar-refractivity contribution >= 4 is 6.09 Å². The average molecular weight is 319 g/mol. The normalized spacial score (nSPS) is 16.8. The molecule has 1 aliphatic rings. The van der Waals surface area contributed by atoms with Gasteiger partial charge in [-0.15, -0.1) is 0 Å². The Kier molecular flexibility index (Phi) is 5.91. The molecule has 1 unspecified atom stereocenters. The van der Waals surface area contributed by atoms with Crippen LogP contribution in [0.1, 0.15) is 64.0 Å². The number of aryl methyl sites for hydroxylation is 1. The Labute approximate surface area is 139 Å². The maximum atomic E-state index is 11.7. The van der Waals surface area contributed by atoms with Crippen LogP contribution in [0.5, 0.6) is 5.75 Å². The van der Waals surface area contributed by atoms with E-state index in [1.807, 2.05) is 20.8 Å². The number of amides is 1. The molecule has 0 saturated carbocycles. The van der Waals surface area contributed by atoms with E-state index in [1.165, 1.54) is 11.1 Å². The van der Waals surface area contributed by atoms with Crippen molar-refractivity contribution in [2.24, 2.45) is 0 Å². The average Bonchev–Trinajstić information content (AvgIpc) is 2.87. The first-order valence-corrected chi connectivity index (χ1v) is 8.62. The Balaban J connectivity index is 1.91. The number of ether oxygens (including phenoxy) is 2. The second-order valence-electron chi connectivity index (χ2n) is 7.13. The molecule has 1 aromatic rings. The van der Waals surface area contributed by atoms with Gasteiger partial charge in [0.2, 0.25) is 0 Å². The number of carbonyl (C=O) groups excluding carboxylic acids is 1. The van der Waals surface area contributed by atoms with Crippen LogP contribution in [0, 0.1) is 0 Å². The quantitative estimate of drug-likeness (QED) is 0.844. The summed E-state index contributed by atoms with van der Waals surface area (Å²) < 4.78 is 11.2. The molecule has 2 rings (SSSR count). The van der Waals surface area contributed by atoms with E-state index in [0.29, 0.717) is 12.5 Å². The summed E-state index contributed by atoms with van der Waals surface area (Å²) in [5, 5.41) is 2.86. The van der Waals surface area contributed by atoms with Crippen molar-refractivity contribution in [3.8, 4) is 5.75 Å². The van der Waals surface area contributed by atoms with Crippen molar-refractivity contribution in [3.05, 3.63) is 29.3 Å². The number of nitrogens with one attached hydrogen (secondary N) is 1. The van der Waals surface area contributed by atoms with Crippen molar-refractivity contribution in [1.29, 1.82) is 0 Å². The van der Waals surface area contributed by atoms with Gasteiger partial charge < -0.3 is 14.8 Å². The fourth-order valence-electron chi connectivity index (χ4n) is 3.03. The lowest BCUT2D eigenvalue weighted by Crippen LogP contribution is -2.33. The summed E-state index contributed by atoms with van der Waals surface area (Å²) in [6, 6.07) is 6.33. The third-order valence-electron chi connectivity index (χ3n) is 3.95. The highest BCUT2D eigenvalue weighted by Crippen LogP contribution is 2.41. The number of benzene rings is 1. The van der Waals surface area contributed by atoms with Gasteiger partial charge in [-0.3, -0.25) is 0 Å². The molecule has 0 aromatic heterocycles. The minimum atomic E-state index is -0.453. The predicted octanol–water partition coefficient (Wildman–Crippen LogP) is 4.42. The van der Waals surface area contributed by atoms with Crippen LogP contribution in [0.3, 0.4) is 0 Å². The number of carbonyl (C=O) groups is 1. The zero-order chi connectivity index (χ0) is 16.9. The summed E-state index contributed by atoms with van der Waals surface area (Å²) in [4.78, 5) is 11.7. The first-order chi connectivity index (χ1) is 10.9. The molecule has 1 atom stereocenters. The van der Waals surface area contributed by atoms with Gasteiger partial charge in [0.15, 0.2) is 0 Å². The maximum Gasteiger partial charge on any atom is 0.407 e.